The number of amides is 1. The van der Waals surface area contributed by atoms with Crippen molar-refractivity contribution in [1.29, 1.82) is 0 Å². The van der Waals surface area contributed by atoms with Crippen molar-refractivity contribution in [1.82, 2.24) is 15.5 Å². The summed E-state index contributed by atoms with van der Waals surface area (Å²) in [5, 5.41) is 6.20. The molecule has 0 unspecified atom stereocenters. The van der Waals surface area contributed by atoms with E-state index < -0.39 is 0 Å². The summed E-state index contributed by atoms with van der Waals surface area (Å²) >= 11 is 0. The summed E-state index contributed by atoms with van der Waals surface area (Å²) in [5.41, 5.74) is 0. The summed E-state index contributed by atoms with van der Waals surface area (Å²) in [4.78, 5) is 13.8. The van der Waals surface area contributed by atoms with E-state index in [0.29, 0.717) is 19.7 Å². The number of nitrogens with one attached hydrogen (secondary N) is 2. The van der Waals surface area contributed by atoms with Crippen molar-refractivity contribution in [3.63, 3.8) is 0 Å². The lowest BCUT2D eigenvalue weighted by atomic mass is 10.4. The summed E-state index contributed by atoms with van der Waals surface area (Å²) in [6.07, 6.45) is 1.34. The van der Waals surface area contributed by atoms with Gasteiger partial charge in [0.15, 0.2) is 0 Å². The van der Waals surface area contributed by atoms with Crippen molar-refractivity contribution < 1.29 is 9.53 Å². The number of ether oxygens (including phenoxy) is 1. The molecule has 1 saturated heterocycles. The first-order valence-electron chi connectivity index (χ1n) is 6.50. The molecule has 0 aliphatic carbocycles. The van der Waals surface area contributed by atoms with Gasteiger partial charge in [-0.1, -0.05) is 0 Å². The molecule has 0 aromatic heterocycles. The normalized spacial score (nSPS) is 18.1. The molecule has 0 spiro atoms. The molecule has 17 heavy (non-hydrogen) atoms. The lowest BCUT2D eigenvalue weighted by molar-refractivity contribution is -0.122. The summed E-state index contributed by atoms with van der Waals surface area (Å²) < 4.78 is 5.36. The van der Waals surface area contributed by atoms with Gasteiger partial charge in [-0.2, -0.15) is 0 Å². The molecule has 5 heteroatoms. The Morgan fingerprint density at radius 2 is 2.24 bits per heavy atom. The molecule has 0 atom stereocenters. The van der Waals surface area contributed by atoms with Gasteiger partial charge in [-0.25, -0.2) is 0 Å². The van der Waals surface area contributed by atoms with Gasteiger partial charge in [0.2, 0.25) is 5.91 Å². The van der Waals surface area contributed by atoms with Crippen LogP contribution in [-0.2, 0) is 9.53 Å². The van der Waals surface area contributed by atoms with E-state index in [1.165, 1.54) is 0 Å². The van der Waals surface area contributed by atoms with Crippen LogP contribution in [0.2, 0.25) is 0 Å². The third kappa shape index (κ3) is 7.31. The Labute approximate surface area is 104 Å². The van der Waals surface area contributed by atoms with Crippen LogP contribution < -0.4 is 10.6 Å². The second kappa shape index (κ2) is 8.44. The van der Waals surface area contributed by atoms with Crippen LogP contribution in [0.25, 0.3) is 0 Å². The molecule has 100 valence electrons. The number of hydrogen-bond acceptors (Lipinski definition) is 4. The molecule has 1 fully saturated rings. The molecule has 0 aromatic rings. The Hall–Kier alpha value is -0.650. The first-order valence-corrected chi connectivity index (χ1v) is 6.50. The SMILES string of the molecule is CC(C)OCCNC(=O)CN1CCCNCC1. The van der Waals surface area contributed by atoms with Crippen LogP contribution >= 0.6 is 0 Å². The molecular formula is C12H25N3O2. The minimum Gasteiger partial charge on any atom is -0.377 e. The van der Waals surface area contributed by atoms with E-state index in [1.807, 2.05) is 13.8 Å². The number of nitrogens with zero attached hydrogens (tertiary/aromatic N) is 1. The van der Waals surface area contributed by atoms with Crippen molar-refractivity contribution in [3.05, 3.63) is 0 Å². The van der Waals surface area contributed by atoms with Gasteiger partial charge < -0.3 is 15.4 Å². The van der Waals surface area contributed by atoms with Gasteiger partial charge in [-0.15, -0.1) is 0 Å². The molecule has 1 aliphatic rings. The maximum Gasteiger partial charge on any atom is 0.234 e. The van der Waals surface area contributed by atoms with Crippen molar-refractivity contribution >= 4 is 5.91 Å². The monoisotopic (exact) mass is 243 g/mol. The summed E-state index contributed by atoms with van der Waals surface area (Å²) in [5.74, 6) is 0.0965. The van der Waals surface area contributed by atoms with Crippen molar-refractivity contribution in [2.24, 2.45) is 0 Å². The van der Waals surface area contributed by atoms with Gasteiger partial charge in [0, 0.05) is 19.6 Å². The van der Waals surface area contributed by atoms with Crippen LogP contribution in [-0.4, -0.2) is 62.8 Å². The number of carbonyl (C=O) groups excluding carboxylic acids is 1. The Morgan fingerprint density at radius 1 is 1.41 bits per heavy atom. The summed E-state index contributed by atoms with van der Waals surface area (Å²) in [6, 6.07) is 0. The third-order valence-corrected chi connectivity index (χ3v) is 2.68. The zero-order valence-electron chi connectivity index (χ0n) is 11.0. The predicted molar refractivity (Wildman–Crippen MR) is 68.0 cm³/mol. The fraction of sp³-hybridized carbons (Fsp3) is 0.917. The van der Waals surface area contributed by atoms with Crippen molar-refractivity contribution in [3.8, 4) is 0 Å². The number of hydrogen-bond donors (Lipinski definition) is 2. The highest BCUT2D eigenvalue weighted by molar-refractivity contribution is 5.77. The molecule has 2 N–H and O–H groups in total. The van der Waals surface area contributed by atoms with E-state index in [4.69, 9.17) is 4.74 Å². The maximum absolute atomic E-state index is 11.6. The summed E-state index contributed by atoms with van der Waals surface area (Å²) in [6.45, 7) is 9.67. The van der Waals surface area contributed by atoms with Gasteiger partial charge in [0.1, 0.15) is 0 Å². The highest BCUT2D eigenvalue weighted by Gasteiger charge is 2.11. The Kier molecular flexibility index (Phi) is 7.16. The van der Waals surface area contributed by atoms with Gasteiger partial charge >= 0.3 is 0 Å². The van der Waals surface area contributed by atoms with Crippen LogP contribution in [0.5, 0.6) is 0 Å². The highest BCUT2D eigenvalue weighted by Crippen LogP contribution is 1.94. The molecule has 0 bridgehead atoms. The van der Waals surface area contributed by atoms with Crippen LogP contribution in [0.15, 0.2) is 0 Å². The maximum atomic E-state index is 11.6. The van der Waals surface area contributed by atoms with E-state index in [-0.39, 0.29) is 12.0 Å². The van der Waals surface area contributed by atoms with Crippen LogP contribution in [0, 0.1) is 0 Å². The lowest BCUT2D eigenvalue weighted by Gasteiger charge is -2.18. The minimum absolute atomic E-state index is 0.0965. The molecule has 1 amide bonds. The van der Waals surface area contributed by atoms with E-state index in [2.05, 4.69) is 15.5 Å². The van der Waals surface area contributed by atoms with Crippen molar-refractivity contribution in [2.75, 3.05) is 45.9 Å². The topological polar surface area (TPSA) is 53.6 Å². The molecular weight excluding hydrogens is 218 g/mol. The number of carbonyl (C=O) groups is 1. The number of rotatable bonds is 6. The van der Waals surface area contributed by atoms with Gasteiger partial charge in [0.05, 0.1) is 19.3 Å². The van der Waals surface area contributed by atoms with E-state index >= 15 is 0 Å². The van der Waals surface area contributed by atoms with Gasteiger partial charge in [-0.05, 0) is 33.4 Å². The van der Waals surface area contributed by atoms with E-state index in [1.54, 1.807) is 0 Å². The smallest absolute Gasteiger partial charge is 0.234 e. The summed E-state index contributed by atoms with van der Waals surface area (Å²) in [7, 11) is 0. The van der Waals surface area contributed by atoms with Crippen molar-refractivity contribution in [2.45, 2.75) is 26.4 Å². The van der Waals surface area contributed by atoms with E-state index in [0.717, 1.165) is 32.6 Å². The quantitative estimate of drug-likeness (QED) is 0.636. The second-order valence-electron chi connectivity index (χ2n) is 4.65. The average Bonchev–Trinajstić information content (AvgIpc) is 2.53. The molecule has 5 nitrogen and oxygen atoms in total. The predicted octanol–water partition coefficient (Wildman–Crippen LogP) is -0.177. The van der Waals surface area contributed by atoms with Gasteiger partial charge in [0.25, 0.3) is 0 Å². The Morgan fingerprint density at radius 3 is 3.00 bits per heavy atom. The second-order valence-corrected chi connectivity index (χ2v) is 4.65. The largest absolute Gasteiger partial charge is 0.377 e. The lowest BCUT2D eigenvalue weighted by Crippen LogP contribution is -2.40. The molecule has 0 saturated carbocycles. The Balaban J connectivity index is 2.07. The van der Waals surface area contributed by atoms with Gasteiger partial charge in [-0.3, -0.25) is 9.69 Å². The standard InChI is InChI=1S/C12H25N3O2/c1-11(2)17-9-6-14-12(16)10-15-7-3-4-13-5-8-15/h11,13H,3-10H2,1-2H3,(H,14,16). The third-order valence-electron chi connectivity index (χ3n) is 2.68. The first-order chi connectivity index (χ1) is 8.18. The average molecular weight is 243 g/mol. The first kappa shape index (κ1) is 14.4. The zero-order valence-corrected chi connectivity index (χ0v) is 11.0. The van der Waals surface area contributed by atoms with Crippen LogP contribution in [0.1, 0.15) is 20.3 Å². The molecule has 1 rings (SSSR count). The fourth-order valence-electron chi connectivity index (χ4n) is 1.80. The fourth-order valence-corrected chi connectivity index (χ4v) is 1.80. The molecule has 0 radical (unpaired) electrons. The minimum atomic E-state index is 0.0965. The van der Waals surface area contributed by atoms with Crippen LogP contribution in [0.4, 0.5) is 0 Å². The van der Waals surface area contributed by atoms with E-state index in [9.17, 15) is 4.79 Å². The molecule has 1 aliphatic heterocycles. The molecule has 1 heterocycles. The molecule has 0 aromatic carbocycles. The van der Waals surface area contributed by atoms with Crippen LogP contribution in [0.3, 0.4) is 0 Å². The highest BCUT2D eigenvalue weighted by atomic mass is 16.5. The Bertz CT molecular complexity index is 214. The zero-order chi connectivity index (χ0) is 12.5.